The monoisotopic (exact) mass is 190 g/mol. The molecule has 0 bridgehead atoms. The smallest absolute Gasteiger partial charge is 0.0408 e. The second-order valence-electron chi connectivity index (χ2n) is 4.12. The molecule has 0 radical (unpaired) electrons. The molecule has 0 saturated heterocycles. The van der Waals surface area contributed by atoms with E-state index in [1.165, 1.54) is 22.4 Å². The van der Waals surface area contributed by atoms with Crippen molar-refractivity contribution in [3.8, 4) is 0 Å². The molecule has 1 aliphatic rings. The molecule has 2 nitrogen and oxygen atoms in total. The van der Waals surface area contributed by atoms with Crippen LogP contribution in [-0.4, -0.2) is 13.1 Å². The summed E-state index contributed by atoms with van der Waals surface area (Å²) in [6.07, 6.45) is 1.16. The molecule has 1 aromatic rings. The van der Waals surface area contributed by atoms with Crippen molar-refractivity contribution in [2.24, 2.45) is 5.73 Å². The SMILES string of the molecule is Cc1ccc2c(c1C)NCCC2CN. The maximum atomic E-state index is 5.78. The number of hydrogen-bond donors (Lipinski definition) is 2. The molecule has 0 amide bonds. The number of benzene rings is 1. The van der Waals surface area contributed by atoms with Crippen LogP contribution in [0.1, 0.15) is 29.0 Å². The number of aryl methyl sites for hydroxylation is 1. The Kier molecular flexibility index (Phi) is 2.46. The van der Waals surface area contributed by atoms with E-state index in [0.29, 0.717) is 5.92 Å². The summed E-state index contributed by atoms with van der Waals surface area (Å²) in [5.41, 5.74) is 11.2. The molecule has 14 heavy (non-hydrogen) atoms. The normalized spacial score (nSPS) is 20.1. The molecular weight excluding hydrogens is 172 g/mol. The maximum Gasteiger partial charge on any atom is 0.0408 e. The molecule has 1 atom stereocenters. The van der Waals surface area contributed by atoms with Crippen molar-refractivity contribution in [3.05, 3.63) is 28.8 Å². The third kappa shape index (κ3) is 1.40. The van der Waals surface area contributed by atoms with Crippen molar-refractivity contribution >= 4 is 5.69 Å². The predicted octanol–water partition coefficient (Wildman–Crippen LogP) is 2.16. The van der Waals surface area contributed by atoms with Gasteiger partial charge in [0.2, 0.25) is 0 Å². The Morgan fingerprint density at radius 3 is 2.93 bits per heavy atom. The Hall–Kier alpha value is -1.02. The Morgan fingerprint density at radius 1 is 1.43 bits per heavy atom. The number of rotatable bonds is 1. The summed E-state index contributed by atoms with van der Waals surface area (Å²) in [6.45, 7) is 6.15. The average molecular weight is 190 g/mol. The van der Waals surface area contributed by atoms with Crippen LogP contribution >= 0.6 is 0 Å². The first-order valence-corrected chi connectivity index (χ1v) is 5.28. The number of fused-ring (bicyclic) bond motifs is 1. The zero-order valence-corrected chi connectivity index (χ0v) is 8.93. The Labute approximate surface area is 85.5 Å². The van der Waals surface area contributed by atoms with Crippen molar-refractivity contribution in [3.63, 3.8) is 0 Å². The highest BCUT2D eigenvalue weighted by atomic mass is 14.9. The largest absolute Gasteiger partial charge is 0.385 e. The van der Waals surface area contributed by atoms with Crippen LogP contribution in [0.2, 0.25) is 0 Å². The minimum Gasteiger partial charge on any atom is -0.385 e. The average Bonchev–Trinajstić information content (AvgIpc) is 2.23. The van der Waals surface area contributed by atoms with Gasteiger partial charge in [0.1, 0.15) is 0 Å². The van der Waals surface area contributed by atoms with Gasteiger partial charge in [-0.05, 0) is 49.4 Å². The van der Waals surface area contributed by atoms with Crippen LogP contribution < -0.4 is 11.1 Å². The standard InChI is InChI=1S/C12H18N2/c1-8-3-4-11-10(7-13)5-6-14-12(11)9(8)2/h3-4,10,14H,5-7,13H2,1-2H3. The topological polar surface area (TPSA) is 38.0 Å². The summed E-state index contributed by atoms with van der Waals surface area (Å²) in [6, 6.07) is 4.42. The first-order chi connectivity index (χ1) is 6.74. The zero-order valence-electron chi connectivity index (χ0n) is 8.93. The minimum absolute atomic E-state index is 0.547. The molecule has 0 aliphatic carbocycles. The number of nitrogens with one attached hydrogen (secondary N) is 1. The van der Waals surface area contributed by atoms with E-state index >= 15 is 0 Å². The van der Waals surface area contributed by atoms with Gasteiger partial charge < -0.3 is 11.1 Å². The summed E-state index contributed by atoms with van der Waals surface area (Å²) >= 11 is 0. The molecule has 1 aliphatic heterocycles. The molecule has 2 rings (SSSR count). The summed E-state index contributed by atoms with van der Waals surface area (Å²) < 4.78 is 0. The van der Waals surface area contributed by atoms with Gasteiger partial charge in [-0.15, -0.1) is 0 Å². The third-order valence-electron chi connectivity index (χ3n) is 3.29. The van der Waals surface area contributed by atoms with Gasteiger partial charge in [0.05, 0.1) is 0 Å². The Bertz CT molecular complexity index is 344. The van der Waals surface area contributed by atoms with Crippen molar-refractivity contribution in [2.75, 3.05) is 18.4 Å². The van der Waals surface area contributed by atoms with Crippen LogP contribution in [0.15, 0.2) is 12.1 Å². The third-order valence-corrected chi connectivity index (χ3v) is 3.29. The number of nitrogens with two attached hydrogens (primary N) is 1. The van der Waals surface area contributed by atoms with E-state index in [-0.39, 0.29) is 0 Å². The summed E-state index contributed by atoms with van der Waals surface area (Å²) in [7, 11) is 0. The van der Waals surface area contributed by atoms with E-state index in [9.17, 15) is 0 Å². The van der Waals surface area contributed by atoms with Crippen LogP contribution in [0.3, 0.4) is 0 Å². The summed E-state index contributed by atoms with van der Waals surface area (Å²) in [5.74, 6) is 0.547. The summed E-state index contributed by atoms with van der Waals surface area (Å²) in [5, 5.41) is 3.48. The van der Waals surface area contributed by atoms with Gasteiger partial charge in [0, 0.05) is 12.2 Å². The molecule has 0 aromatic heterocycles. The van der Waals surface area contributed by atoms with Gasteiger partial charge in [0.15, 0.2) is 0 Å². The lowest BCUT2D eigenvalue weighted by atomic mass is 9.88. The number of anilines is 1. The van der Waals surface area contributed by atoms with Crippen molar-refractivity contribution < 1.29 is 0 Å². The molecule has 2 heteroatoms. The molecular formula is C12H18N2. The molecule has 0 fully saturated rings. The lowest BCUT2D eigenvalue weighted by molar-refractivity contribution is 0.635. The molecule has 0 saturated carbocycles. The summed E-state index contributed by atoms with van der Waals surface area (Å²) in [4.78, 5) is 0. The molecule has 76 valence electrons. The van der Waals surface area contributed by atoms with E-state index < -0.39 is 0 Å². The van der Waals surface area contributed by atoms with Gasteiger partial charge in [-0.1, -0.05) is 12.1 Å². The highest BCUT2D eigenvalue weighted by molar-refractivity contribution is 5.62. The lowest BCUT2D eigenvalue weighted by Gasteiger charge is -2.27. The lowest BCUT2D eigenvalue weighted by Crippen LogP contribution is -2.23. The molecule has 1 unspecified atom stereocenters. The fourth-order valence-corrected chi connectivity index (χ4v) is 2.18. The highest BCUT2D eigenvalue weighted by Crippen LogP contribution is 2.34. The van der Waals surface area contributed by atoms with Crippen LogP contribution in [0.5, 0.6) is 0 Å². The maximum absolute atomic E-state index is 5.78. The van der Waals surface area contributed by atoms with Crippen molar-refractivity contribution in [1.82, 2.24) is 0 Å². The second-order valence-corrected chi connectivity index (χ2v) is 4.12. The minimum atomic E-state index is 0.547. The molecule has 1 aromatic carbocycles. The zero-order chi connectivity index (χ0) is 10.1. The molecule has 1 heterocycles. The van der Waals surface area contributed by atoms with Gasteiger partial charge in [-0.3, -0.25) is 0 Å². The van der Waals surface area contributed by atoms with E-state index in [2.05, 4.69) is 31.3 Å². The van der Waals surface area contributed by atoms with Crippen molar-refractivity contribution in [1.29, 1.82) is 0 Å². The number of hydrogen-bond acceptors (Lipinski definition) is 2. The van der Waals surface area contributed by atoms with E-state index in [1.54, 1.807) is 0 Å². The Balaban J connectivity index is 2.50. The highest BCUT2D eigenvalue weighted by Gasteiger charge is 2.20. The van der Waals surface area contributed by atoms with E-state index in [0.717, 1.165) is 19.5 Å². The molecule has 3 N–H and O–H groups in total. The Morgan fingerprint density at radius 2 is 2.21 bits per heavy atom. The first-order valence-electron chi connectivity index (χ1n) is 5.28. The van der Waals surface area contributed by atoms with Gasteiger partial charge in [-0.2, -0.15) is 0 Å². The van der Waals surface area contributed by atoms with Crippen LogP contribution in [0.4, 0.5) is 5.69 Å². The van der Waals surface area contributed by atoms with Gasteiger partial charge in [0.25, 0.3) is 0 Å². The van der Waals surface area contributed by atoms with Gasteiger partial charge in [-0.25, -0.2) is 0 Å². The predicted molar refractivity (Wildman–Crippen MR) is 60.8 cm³/mol. The van der Waals surface area contributed by atoms with E-state index in [4.69, 9.17) is 5.73 Å². The second kappa shape index (κ2) is 3.62. The van der Waals surface area contributed by atoms with Crippen LogP contribution in [0, 0.1) is 13.8 Å². The van der Waals surface area contributed by atoms with Crippen LogP contribution in [-0.2, 0) is 0 Å². The molecule has 0 spiro atoms. The van der Waals surface area contributed by atoms with Crippen molar-refractivity contribution in [2.45, 2.75) is 26.2 Å². The van der Waals surface area contributed by atoms with Gasteiger partial charge >= 0.3 is 0 Å². The fraction of sp³-hybridized carbons (Fsp3) is 0.500. The van der Waals surface area contributed by atoms with Crippen LogP contribution in [0.25, 0.3) is 0 Å². The first kappa shape index (κ1) is 9.53. The quantitative estimate of drug-likeness (QED) is 0.712. The fourth-order valence-electron chi connectivity index (χ4n) is 2.18. The van der Waals surface area contributed by atoms with E-state index in [1.807, 2.05) is 0 Å².